The van der Waals surface area contributed by atoms with Gasteiger partial charge >= 0.3 is 5.97 Å². The van der Waals surface area contributed by atoms with Gasteiger partial charge in [0.1, 0.15) is 11.5 Å². The van der Waals surface area contributed by atoms with E-state index < -0.39 is 5.97 Å². The first-order chi connectivity index (χ1) is 11.0. The number of carbonyl (C=O) groups is 2. The van der Waals surface area contributed by atoms with Crippen LogP contribution in [-0.2, 0) is 11.2 Å². The summed E-state index contributed by atoms with van der Waals surface area (Å²) in [6.07, 6.45) is 1.72. The Labute approximate surface area is 137 Å². The summed E-state index contributed by atoms with van der Waals surface area (Å²) in [6.45, 7) is 0.420. The number of thiazole rings is 1. The van der Waals surface area contributed by atoms with Gasteiger partial charge in [-0.25, -0.2) is 9.37 Å². The molecule has 0 aliphatic carbocycles. The first-order valence-corrected chi connectivity index (χ1v) is 8.11. The van der Waals surface area contributed by atoms with Gasteiger partial charge in [0.2, 0.25) is 0 Å². The van der Waals surface area contributed by atoms with Crippen LogP contribution in [0.3, 0.4) is 0 Å². The molecule has 5 nitrogen and oxygen atoms in total. The molecule has 2 rings (SSSR count). The molecule has 0 aliphatic heterocycles. The summed E-state index contributed by atoms with van der Waals surface area (Å²) < 4.78 is 13.1. The van der Waals surface area contributed by atoms with Crippen LogP contribution in [0.15, 0.2) is 29.6 Å². The van der Waals surface area contributed by atoms with E-state index in [9.17, 15) is 14.0 Å². The first-order valence-electron chi connectivity index (χ1n) is 7.23. The highest BCUT2D eigenvalue weighted by molar-refractivity contribution is 7.09. The summed E-state index contributed by atoms with van der Waals surface area (Å²) in [4.78, 5) is 26.5. The number of halogens is 1. The van der Waals surface area contributed by atoms with Crippen molar-refractivity contribution in [2.45, 2.75) is 25.7 Å². The van der Waals surface area contributed by atoms with Gasteiger partial charge in [-0.2, -0.15) is 0 Å². The molecule has 0 saturated heterocycles. The van der Waals surface area contributed by atoms with Crippen molar-refractivity contribution in [3.05, 3.63) is 51.7 Å². The molecule has 0 spiro atoms. The maximum atomic E-state index is 13.1. The number of aliphatic carboxylic acids is 1. The smallest absolute Gasteiger partial charge is 0.303 e. The lowest BCUT2D eigenvalue weighted by Crippen LogP contribution is -2.24. The molecule has 1 amide bonds. The van der Waals surface area contributed by atoms with Crippen molar-refractivity contribution in [3.8, 4) is 0 Å². The molecule has 0 aliphatic rings. The van der Waals surface area contributed by atoms with Crippen LogP contribution in [0.4, 0.5) is 4.39 Å². The van der Waals surface area contributed by atoms with Crippen LogP contribution in [0.2, 0.25) is 0 Å². The number of nitrogens with zero attached hydrogens (tertiary/aromatic N) is 1. The Bertz CT molecular complexity index is 687. The molecule has 0 saturated carbocycles. The quantitative estimate of drug-likeness (QED) is 0.727. The summed E-state index contributed by atoms with van der Waals surface area (Å²) in [6, 6.07) is 6.29. The molecule has 0 bridgehead atoms. The number of hydrogen-bond acceptors (Lipinski definition) is 4. The second kappa shape index (κ2) is 8.38. The maximum Gasteiger partial charge on any atom is 0.303 e. The van der Waals surface area contributed by atoms with Gasteiger partial charge in [-0.1, -0.05) is 12.1 Å². The fraction of sp³-hybridized carbons (Fsp3) is 0.312. The van der Waals surface area contributed by atoms with Crippen molar-refractivity contribution >= 4 is 23.2 Å². The lowest BCUT2D eigenvalue weighted by Gasteiger charge is -2.02. The van der Waals surface area contributed by atoms with Gasteiger partial charge in [0.25, 0.3) is 5.91 Å². The van der Waals surface area contributed by atoms with Gasteiger partial charge in [-0.05, 0) is 30.5 Å². The predicted molar refractivity (Wildman–Crippen MR) is 85.1 cm³/mol. The largest absolute Gasteiger partial charge is 0.481 e. The second-order valence-electron chi connectivity index (χ2n) is 5.04. The zero-order valence-corrected chi connectivity index (χ0v) is 13.2. The molecule has 7 heteroatoms. The summed E-state index contributed by atoms with van der Waals surface area (Å²) in [5, 5.41) is 13.6. The Hall–Kier alpha value is -2.28. The van der Waals surface area contributed by atoms with E-state index >= 15 is 0 Å². The minimum atomic E-state index is -0.835. The number of aromatic nitrogens is 1. The van der Waals surface area contributed by atoms with E-state index in [-0.39, 0.29) is 18.1 Å². The van der Waals surface area contributed by atoms with Gasteiger partial charge < -0.3 is 10.4 Å². The Morgan fingerprint density at radius 2 is 2.13 bits per heavy atom. The minimum absolute atomic E-state index is 0.102. The third-order valence-electron chi connectivity index (χ3n) is 3.13. The fourth-order valence-electron chi connectivity index (χ4n) is 2.01. The molecule has 0 unspecified atom stereocenters. The van der Waals surface area contributed by atoms with E-state index in [1.54, 1.807) is 11.4 Å². The third-order valence-corrected chi connectivity index (χ3v) is 3.98. The lowest BCUT2D eigenvalue weighted by atomic mass is 10.1. The van der Waals surface area contributed by atoms with Crippen molar-refractivity contribution in [1.29, 1.82) is 0 Å². The van der Waals surface area contributed by atoms with E-state index in [0.717, 1.165) is 10.6 Å². The van der Waals surface area contributed by atoms with Crippen LogP contribution < -0.4 is 5.32 Å². The highest BCUT2D eigenvalue weighted by Crippen LogP contribution is 2.15. The Kier molecular flexibility index (Phi) is 6.22. The standard InChI is InChI=1S/C16H17FN2O3S/c17-12-5-3-4-11(8-12)9-14-19-13(10-23-14)16(22)18-7-2-1-6-15(20)21/h3-5,8,10H,1-2,6-7,9H2,(H,18,22)(H,20,21). The SMILES string of the molecule is O=C(O)CCCCNC(=O)c1csc(Cc2cccc(F)c2)n1. The number of carboxylic acids is 1. The molecule has 1 heterocycles. The topological polar surface area (TPSA) is 79.3 Å². The number of carbonyl (C=O) groups excluding carboxylic acids is 1. The molecule has 0 atom stereocenters. The molecule has 122 valence electrons. The normalized spacial score (nSPS) is 10.5. The van der Waals surface area contributed by atoms with E-state index in [4.69, 9.17) is 5.11 Å². The fourth-order valence-corrected chi connectivity index (χ4v) is 2.82. The van der Waals surface area contributed by atoms with Crippen molar-refractivity contribution in [2.24, 2.45) is 0 Å². The number of amides is 1. The van der Waals surface area contributed by atoms with Crippen LogP contribution >= 0.6 is 11.3 Å². The molecule has 1 aromatic heterocycles. The number of unbranched alkanes of at least 4 members (excludes halogenated alkanes) is 1. The van der Waals surface area contributed by atoms with Crippen LogP contribution in [-0.4, -0.2) is 28.5 Å². The molecular formula is C16H17FN2O3S. The molecule has 23 heavy (non-hydrogen) atoms. The van der Waals surface area contributed by atoms with Crippen molar-refractivity contribution in [2.75, 3.05) is 6.54 Å². The highest BCUT2D eigenvalue weighted by atomic mass is 32.1. The van der Waals surface area contributed by atoms with E-state index in [2.05, 4.69) is 10.3 Å². The van der Waals surface area contributed by atoms with E-state index in [0.29, 0.717) is 31.5 Å². The lowest BCUT2D eigenvalue weighted by molar-refractivity contribution is -0.137. The second-order valence-corrected chi connectivity index (χ2v) is 5.98. The van der Waals surface area contributed by atoms with Crippen molar-refractivity contribution < 1.29 is 19.1 Å². The monoisotopic (exact) mass is 336 g/mol. The first kappa shape index (κ1) is 17.1. The van der Waals surface area contributed by atoms with Gasteiger partial charge in [0, 0.05) is 24.8 Å². The van der Waals surface area contributed by atoms with Crippen LogP contribution in [0.1, 0.15) is 40.3 Å². The zero-order chi connectivity index (χ0) is 16.7. The maximum absolute atomic E-state index is 13.1. The van der Waals surface area contributed by atoms with Crippen molar-refractivity contribution in [3.63, 3.8) is 0 Å². The molecule has 0 radical (unpaired) electrons. The average molecular weight is 336 g/mol. The Morgan fingerprint density at radius 1 is 1.30 bits per heavy atom. The average Bonchev–Trinajstić information content (AvgIpc) is 2.95. The Balaban J connectivity index is 1.81. The van der Waals surface area contributed by atoms with Crippen LogP contribution in [0.25, 0.3) is 0 Å². The number of carboxylic acid groups (broad SMARTS) is 1. The molecule has 0 fully saturated rings. The van der Waals surface area contributed by atoms with Gasteiger partial charge in [-0.15, -0.1) is 11.3 Å². The number of hydrogen-bond donors (Lipinski definition) is 2. The number of benzene rings is 1. The van der Waals surface area contributed by atoms with Gasteiger partial charge in [0.15, 0.2) is 0 Å². The zero-order valence-electron chi connectivity index (χ0n) is 12.4. The highest BCUT2D eigenvalue weighted by Gasteiger charge is 2.11. The molecular weight excluding hydrogens is 319 g/mol. The van der Waals surface area contributed by atoms with Gasteiger partial charge in [0.05, 0.1) is 5.01 Å². The van der Waals surface area contributed by atoms with Crippen molar-refractivity contribution in [1.82, 2.24) is 10.3 Å². The van der Waals surface area contributed by atoms with Crippen LogP contribution in [0, 0.1) is 5.82 Å². The van der Waals surface area contributed by atoms with Crippen LogP contribution in [0.5, 0.6) is 0 Å². The Morgan fingerprint density at radius 3 is 2.87 bits per heavy atom. The van der Waals surface area contributed by atoms with E-state index in [1.807, 2.05) is 6.07 Å². The third kappa shape index (κ3) is 5.78. The molecule has 1 aromatic carbocycles. The van der Waals surface area contributed by atoms with E-state index in [1.165, 1.54) is 23.5 Å². The summed E-state index contributed by atoms with van der Waals surface area (Å²) in [5.74, 6) is -1.40. The summed E-state index contributed by atoms with van der Waals surface area (Å²) >= 11 is 1.35. The number of rotatable bonds is 8. The minimum Gasteiger partial charge on any atom is -0.481 e. The predicted octanol–water partition coefficient (Wildman–Crippen LogP) is 2.86. The number of nitrogens with one attached hydrogen (secondary N) is 1. The molecule has 2 aromatic rings. The van der Waals surface area contributed by atoms with Gasteiger partial charge in [-0.3, -0.25) is 9.59 Å². The summed E-state index contributed by atoms with van der Waals surface area (Å²) in [5.41, 5.74) is 1.14. The summed E-state index contributed by atoms with van der Waals surface area (Å²) in [7, 11) is 0. The molecule has 2 N–H and O–H groups in total.